The number of hydrogen-bond donors (Lipinski definition) is 0. The summed E-state index contributed by atoms with van der Waals surface area (Å²) in [5.74, 6) is 7.00. The molecule has 0 aromatic carbocycles. The molecule has 12 heteroatoms. The first-order valence-corrected chi connectivity index (χ1v) is 29.5. The molecule has 0 saturated carbocycles. The number of hydrogen-bond acceptors (Lipinski definition) is 12. The van der Waals surface area contributed by atoms with Crippen molar-refractivity contribution < 1.29 is 56.8 Å². The van der Waals surface area contributed by atoms with E-state index in [-0.39, 0.29) is 79.4 Å². The minimum atomic E-state index is -0.298. The topological polar surface area (TPSA) is 111 Å². The molecule has 6 saturated heterocycles. The average Bonchev–Trinajstić information content (AvgIpc) is 3.35. The van der Waals surface area contributed by atoms with Gasteiger partial charge in [0.2, 0.25) is 0 Å². The van der Waals surface area contributed by atoms with Crippen molar-refractivity contribution in [3.05, 3.63) is 0 Å². The van der Waals surface area contributed by atoms with Gasteiger partial charge in [-0.25, -0.2) is 0 Å². The van der Waals surface area contributed by atoms with Gasteiger partial charge in [0.25, 0.3) is 0 Å². The van der Waals surface area contributed by atoms with Crippen molar-refractivity contribution in [2.45, 2.75) is 212 Å². The SMILES string of the molecule is CCC1OC(COCC2C(C)OC(COCC3C(C)OC(OCC4OC(COCC5C(C)OC(COCC6C(C)OC(OC)C(C)C6C)C(C)C5C)C(C)C(C)C4C)C(C)C3C)C(C)C2C)C(C)C(C)C1C. The molecule has 6 aliphatic heterocycles. The Kier molecular flexibility index (Phi) is 23.1. The van der Waals surface area contributed by atoms with E-state index in [4.69, 9.17) is 56.8 Å². The maximum atomic E-state index is 6.88. The predicted molar refractivity (Wildman–Crippen MR) is 283 cm³/mol. The van der Waals surface area contributed by atoms with Crippen LogP contribution in [0.4, 0.5) is 0 Å². The molecule has 0 aromatic heterocycles. The Morgan fingerprint density at radius 2 is 0.542 bits per heavy atom. The van der Waals surface area contributed by atoms with Gasteiger partial charge < -0.3 is 56.8 Å². The summed E-state index contributed by atoms with van der Waals surface area (Å²) < 4.78 is 77.9. The van der Waals surface area contributed by atoms with Gasteiger partial charge in [0.05, 0.1) is 121 Å². The molecule has 12 nitrogen and oxygen atoms in total. The Bertz CT molecular complexity index is 1570. The summed E-state index contributed by atoms with van der Waals surface area (Å²) in [6, 6.07) is 0. The molecule has 6 aliphatic rings. The highest BCUT2D eigenvalue weighted by Gasteiger charge is 2.47. The molecule has 30 unspecified atom stereocenters. The molecule has 30 atom stereocenters. The largest absolute Gasteiger partial charge is 0.378 e. The van der Waals surface area contributed by atoms with E-state index in [9.17, 15) is 0 Å². The highest BCUT2D eigenvalue weighted by Crippen LogP contribution is 2.43. The lowest BCUT2D eigenvalue weighted by molar-refractivity contribution is -0.270. The summed E-state index contributed by atoms with van der Waals surface area (Å²) in [5.41, 5.74) is 0. The van der Waals surface area contributed by atoms with Crippen LogP contribution in [0.25, 0.3) is 0 Å². The molecule has 0 amide bonds. The normalized spacial score (nSPS) is 50.5. The molecular formula is C60H110O12. The van der Waals surface area contributed by atoms with Crippen molar-refractivity contribution in [1.29, 1.82) is 0 Å². The van der Waals surface area contributed by atoms with Gasteiger partial charge in [-0.15, -0.1) is 0 Å². The fourth-order valence-electron chi connectivity index (χ4n) is 14.1. The van der Waals surface area contributed by atoms with Crippen LogP contribution in [0, 0.1) is 107 Å². The molecule has 422 valence electrons. The lowest BCUT2D eigenvalue weighted by Gasteiger charge is -2.47. The van der Waals surface area contributed by atoms with Crippen LogP contribution in [0.1, 0.15) is 138 Å². The van der Waals surface area contributed by atoms with E-state index in [1.807, 2.05) is 0 Å². The van der Waals surface area contributed by atoms with E-state index in [1.54, 1.807) is 7.11 Å². The summed E-state index contributed by atoms with van der Waals surface area (Å²) in [4.78, 5) is 0. The van der Waals surface area contributed by atoms with Crippen molar-refractivity contribution in [3.8, 4) is 0 Å². The molecule has 0 aromatic rings. The summed E-state index contributed by atoms with van der Waals surface area (Å²) in [6.45, 7) is 49.0. The summed E-state index contributed by atoms with van der Waals surface area (Å²) >= 11 is 0. The van der Waals surface area contributed by atoms with Gasteiger partial charge in [-0.2, -0.15) is 0 Å². The summed E-state index contributed by atoms with van der Waals surface area (Å²) in [7, 11) is 1.73. The minimum Gasteiger partial charge on any atom is -0.378 e. The van der Waals surface area contributed by atoms with Crippen LogP contribution >= 0.6 is 0 Å². The smallest absolute Gasteiger partial charge is 0.160 e. The highest BCUT2D eigenvalue weighted by atomic mass is 16.7. The number of methoxy groups -OCH3 is 1. The maximum absolute atomic E-state index is 6.88. The number of ether oxygens (including phenoxy) is 12. The van der Waals surface area contributed by atoms with E-state index in [2.05, 4.69) is 132 Å². The molecule has 0 aliphatic carbocycles. The van der Waals surface area contributed by atoms with Gasteiger partial charge >= 0.3 is 0 Å². The van der Waals surface area contributed by atoms with E-state index in [0.29, 0.717) is 160 Å². The lowest BCUT2D eigenvalue weighted by Crippen LogP contribution is -2.52. The van der Waals surface area contributed by atoms with Crippen LogP contribution in [0.5, 0.6) is 0 Å². The van der Waals surface area contributed by atoms with E-state index >= 15 is 0 Å². The Morgan fingerprint density at radius 1 is 0.264 bits per heavy atom. The first-order valence-electron chi connectivity index (χ1n) is 29.5. The van der Waals surface area contributed by atoms with E-state index in [1.165, 1.54) is 0 Å². The van der Waals surface area contributed by atoms with Crippen molar-refractivity contribution >= 4 is 0 Å². The van der Waals surface area contributed by atoms with Crippen molar-refractivity contribution in [2.24, 2.45) is 107 Å². The fraction of sp³-hybridized carbons (Fsp3) is 1.00. The van der Waals surface area contributed by atoms with Crippen LogP contribution < -0.4 is 0 Å². The predicted octanol–water partition coefficient (Wildman–Crippen LogP) is 11.1. The molecular weight excluding hydrogens is 913 g/mol. The molecule has 0 spiro atoms. The molecule has 6 fully saturated rings. The van der Waals surface area contributed by atoms with Crippen LogP contribution in [0.2, 0.25) is 0 Å². The van der Waals surface area contributed by atoms with Crippen LogP contribution in [-0.2, 0) is 56.8 Å². The Balaban J connectivity index is 0.899. The third-order valence-corrected chi connectivity index (χ3v) is 21.7. The lowest BCUT2D eigenvalue weighted by atomic mass is 9.75. The quantitative estimate of drug-likeness (QED) is 0.109. The monoisotopic (exact) mass is 1020 g/mol. The highest BCUT2D eigenvalue weighted by molar-refractivity contribution is 4.92. The Morgan fingerprint density at radius 3 is 0.917 bits per heavy atom. The maximum Gasteiger partial charge on any atom is 0.160 e. The molecule has 0 radical (unpaired) electrons. The standard InChI is InChI=1S/C60H110O12/c1-21-53-37(8)31(2)38(9)56(71-53)28-64-22-49-33(4)41(12)55(67-45(49)16)27-63-25-52-36(7)44(15)60(70-48(52)19)66-30-58-40(11)32(3)39(10)57(72-58)29-65-23-50-34(5)42(13)54(68-46(50)17)26-62-24-51-35(6)43(14)59(61-20)69-47(51)18/h31-60H,21-30H2,1-20H3. The number of rotatable bonds is 21. The zero-order valence-corrected chi connectivity index (χ0v) is 49.3. The molecule has 6 rings (SSSR count). The Hall–Kier alpha value is -0.480. The zero-order valence-electron chi connectivity index (χ0n) is 49.3. The van der Waals surface area contributed by atoms with Gasteiger partial charge in [-0.3, -0.25) is 0 Å². The van der Waals surface area contributed by atoms with Gasteiger partial charge in [0.15, 0.2) is 12.6 Å². The van der Waals surface area contributed by atoms with Crippen LogP contribution in [-0.4, -0.2) is 140 Å². The minimum absolute atomic E-state index is 0.00159. The first kappa shape index (κ1) is 60.7. The van der Waals surface area contributed by atoms with Crippen molar-refractivity contribution in [1.82, 2.24) is 0 Å². The average molecular weight is 1020 g/mol. The van der Waals surface area contributed by atoms with Crippen molar-refractivity contribution in [2.75, 3.05) is 66.6 Å². The second-order valence-corrected chi connectivity index (χ2v) is 25.4. The second-order valence-electron chi connectivity index (χ2n) is 25.4. The summed E-state index contributed by atoms with van der Waals surface area (Å²) in [6.07, 6.45) is 1.37. The first-order chi connectivity index (χ1) is 34.1. The molecule has 72 heavy (non-hydrogen) atoms. The van der Waals surface area contributed by atoms with Gasteiger partial charge in [0, 0.05) is 42.6 Å². The molecule has 0 bridgehead atoms. The van der Waals surface area contributed by atoms with Gasteiger partial charge in [-0.1, -0.05) is 104 Å². The molecule has 0 N–H and O–H groups in total. The van der Waals surface area contributed by atoms with Gasteiger partial charge in [-0.05, 0) is 105 Å². The zero-order chi connectivity index (χ0) is 52.9. The fourth-order valence-corrected chi connectivity index (χ4v) is 14.1. The summed E-state index contributed by atoms with van der Waals surface area (Å²) in [5, 5.41) is 0. The van der Waals surface area contributed by atoms with Gasteiger partial charge in [0.1, 0.15) is 0 Å². The molecule has 6 heterocycles. The van der Waals surface area contributed by atoms with Crippen molar-refractivity contribution in [3.63, 3.8) is 0 Å². The third-order valence-electron chi connectivity index (χ3n) is 21.7. The van der Waals surface area contributed by atoms with E-state index < -0.39 is 0 Å². The van der Waals surface area contributed by atoms with Crippen LogP contribution in [0.15, 0.2) is 0 Å². The van der Waals surface area contributed by atoms with E-state index in [0.717, 1.165) is 6.42 Å². The Labute approximate surface area is 440 Å². The second kappa shape index (κ2) is 27.4. The third kappa shape index (κ3) is 14.0. The van der Waals surface area contributed by atoms with Crippen LogP contribution in [0.3, 0.4) is 0 Å².